The molecule has 0 radical (unpaired) electrons. The van der Waals surface area contributed by atoms with Crippen molar-refractivity contribution < 1.29 is 4.39 Å². The summed E-state index contributed by atoms with van der Waals surface area (Å²) in [6.07, 6.45) is 2.35. The van der Waals surface area contributed by atoms with E-state index in [4.69, 9.17) is 5.26 Å². The average molecular weight is 354 g/mol. The standard InChI is InChI=1S/C16H21BrFN3/c1-11(2)21(10-12-4-3-7-20-9-12)14-6-5-13(8-19)15(17)16(14)18/h5-6,11-12,20H,3-4,7,9-10H2,1-2H3. The van der Waals surface area contributed by atoms with Crippen molar-refractivity contribution in [1.82, 2.24) is 5.32 Å². The van der Waals surface area contributed by atoms with Crippen molar-refractivity contribution in [3.8, 4) is 6.07 Å². The van der Waals surface area contributed by atoms with E-state index >= 15 is 0 Å². The van der Waals surface area contributed by atoms with E-state index in [0.29, 0.717) is 17.2 Å². The first kappa shape index (κ1) is 16.3. The summed E-state index contributed by atoms with van der Waals surface area (Å²) in [6.45, 7) is 7.04. The molecule has 0 spiro atoms. The third-order valence-corrected chi connectivity index (χ3v) is 4.74. The molecule has 1 unspecified atom stereocenters. The van der Waals surface area contributed by atoms with E-state index in [1.165, 1.54) is 12.8 Å². The zero-order chi connectivity index (χ0) is 15.4. The van der Waals surface area contributed by atoms with Gasteiger partial charge in [0.25, 0.3) is 0 Å². The number of anilines is 1. The maximum absolute atomic E-state index is 14.6. The SMILES string of the molecule is CC(C)N(CC1CCCNC1)c1ccc(C#N)c(Br)c1F. The Morgan fingerprint density at radius 2 is 2.29 bits per heavy atom. The minimum Gasteiger partial charge on any atom is -0.366 e. The smallest absolute Gasteiger partial charge is 0.161 e. The molecule has 1 heterocycles. The summed E-state index contributed by atoms with van der Waals surface area (Å²) in [5.41, 5.74) is 0.903. The molecule has 0 aromatic heterocycles. The molecule has 0 saturated carbocycles. The van der Waals surface area contributed by atoms with E-state index in [2.05, 4.69) is 40.0 Å². The molecule has 1 aliphatic heterocycles. The molecule has 1 aromatic rings. The summed E-state index contributed by atoms with van der Waals surface area (Å²) in [5, 5.41) is 12.4. The molecule has 3 nitrogen and oxygen atoms in total. The van der Waals surface area contributed by atoms with Crippen molar-refractivity contribution in [2.45, 2.75) is 32.7 Å². The molecular formula is C16H21BrFN3. The predicted molar refractivity (Wildman–Crippen MR) is 86.9 cm³/mol. The zero-order valence-corrected chi connectivity index (χ0v) is 14.1. The quantitative estimate of drug-likeness (QED) is 0.897. The van der Waals surface area contributed by atoms with Crippen LogP contribution in [0, 0.1) is 23.1 Å². The van der Waals surface area contributed by atoms with E-state index in [1.54, 1.807) is 12.1 Å². The van der Waals surface area contributed by atoms with Crippen molar-refractivity contribution in [2.75, 3.05) is 24.5 Å². The molecule has 21 heavy (non-hydrogen) atoms. The van der Waals surface area contributed by atoms with Crippen molar-refractivity contribution in [2.24, 2.45) is 5.92 Å². The second-order valence-corrected chi connectivity index (χ2v) is 6.62. The monoisotopic (exact) mass is 353 g/mol. The molecule has 0 amide bonds. The lowest BCUT2D eigenvalue weighted by molar-refractivity contribution is 0.370. The van der Waals surface area contributed by atoms with Gasteiger partial charge < -0.3 is 10.2 Å². The second-order valence-electron chi connectivity index (χ2n) is 5.83. The number of nitriles is 1. The topological polar surface area (TPSA) is 39.1 Å². The Hall–Kier alpha value is -1.12. The van der Waals surface area contributed by atoms with E-state index in [-0.39, 0.29) is 16.3 Å². The number of rotatable bonds is 4. The Morgan fingerprint density at radius 1 is 1.52 bits per heavy atom. The third kappa shape index (κ3) is 3.75. The molecule has 2 rings (SSSR count). The van der Waals surface area contributed by atoms with Crippen molar-refractivity contribution in [3.63, 3.8) is 0 Å². The molecule has 1 saturated heterocycles. The Bertz CT molecular complexity index is 533. The molecule has 1 fully saturated rings. The zero-order valence-electron chi connectivity index (χ0n) is 12.5. The Kier molecular flexibility index (Phi) is 5.60. The van der Waals surface area contributed by atoms with Crippen LogP contribution < -0.4 is 10.2 Å². The summed E-state index contributed by atoms with van der Waals surface area (Å²) in [5.74, 6) is 0.196. The van der Waals surface area contributed by atoms with Gasteiger partial charge in [-0.15, -0.1) is 0 Å². The van der Waals surface area contributed by atoms with Crippen LogP contribution in [0.5, 0.6) is 0 Å². The van der Waals surface area contributed by atoms with Gasteiger partial charge in [0.15, 0.2) is 5.82 Å². The van der Waals surface area contributed by atoms with Gasteiger partial charge in [0, 0.05) is 12.6 Å². The summed E-state index contributed by atoms with van der Waals surface area (Å²) >= 11 is 3.20. The molecule has 0 bridgehead atoms. The van der Waals surface area contributed by atoms with Crippen LogP contribution in [0.4, 0.5) is 10.1 Å². The van der Waals surface area contributed by atoms with Crippen LogP contribution in [0.25, 0.3) is 0 Å². The van der Waals surface area contributed by atoms with Crippen LogP contribution in [-0.2, 0) is 0 Å². The largest absolute Gasteiger partial charge is 0.366 e. The van der Waals surface area contributed by atoms with Gasteiger partial charge >= 0.3 is 0 Å². The lowest BCUT2D eigenvalue weighted by atomic mass is 9.98. The Balaban J connectivity index is 2.26. The third-order valence-electron chi connectivity index (χ3n) is 3.97. The average Bonchev–Trinajstić information content (AvgIpc) is 2.49. The van der Waals surface area contributed by atoms with Crippen LogP contribution in [0.1, 0.15) is 32.3 Å². The number of hydrogen-bond donors (Lipinski definition) is 1. The van der Waals surface area contributed by atoms with Gasteiger partial charge in [0.2, 0.25) is 0 Å². The molecule has 0 aliphatic carbocycles. The molecule has 1 atom stereocenters. The lowest BCUT2D eigenvalue weighted by Gasteiger charge is -2.35. The minimum absolute atomic E-state index is 0.210. The highest BCUT2D eigenvalue weighted by Crippen LogP contribution is 2.31. The summed E-state index contributed by atoms with van der Waals surface area (Å²) < 4.78 is 14.8. The van der Waals surface area contributed by atoms with Crippen molar-refractivity contribution >= 4 is 21.6 Å². The van der Waals surface area contributed by atoms with Crippen LogP contribution in [0.2, 0.25) is 0 Å². The summed E-state index contributed by atoms with van der Waals surface area (Å²) in [4.78, 5) is 2.10. The fourth-order valence-electron chi connectivity index (χ4n) is 2.79. The molecule has 114 valence electrons. The minimum atomic E-state index is -0.341. The van der Waals surface area contributed by atoms with Crippen LogP contribution in [0.15, 0.2) is 16.6 Å². The first-order valence-corrected chi connectivity index (χ1v) is 8.19. The summed E-state index contributed by atoms with van der Waals surface area (Å²) in [6, 6.07) is 5.60. The Morgan fingerprint density at radius 3 is 2.86 bits per heavy atom. The van der Waals surface area contributed by atoms with Gasteiger partial charge in [-0.2, -0.15) is 5.26 Å². The fourth-order valence-corrected chi connectivity index (χ4v) is 3.22. The number of benzene rings is 1. The van der Waals surface area contributed by atoms with E-state index < -0.39 is 0 Å². The first-order chi connectivity index (χ1) is 10.0. The van der Waals surface area contributed by atoms with E-state index in [9.17, 15) is 4.39 Å². The highest BCUT2D eigenvalue weighted by molar-refractivity contribution is 9.10. The highest BCUT2D eigenvalue weighted by Gasteiger charge is 2.23. The fraction of sp³-hybridized carbons (Fsp3) is 0.562. The van der Waals surface area contributed by atoms with Crippen LogP contribution in [-0.4, -0.2) is 25.7 Å². The van der Waals surface area contributed by atoms with Gasteiger partial charge in [-0.25, -0.2) is 4.39 Å². The maximum atomic E-state index is 14.6. The number of hydrogen-bond acceptors (Lipinski definition) is 3. The van der Waals surface area contributed by atoms with Crippen molar-refractivity contribution in [1.29, 1.82) is 5.26 Å². The Labute approximate surface area is 134 Å². The van der Waals surface area contributed by atoms with E-state index in [0.717, 1.165) is 19.6 Å². The molecule has 1 aliphatic rings. The van der Waals surface area contributed by atoms with Gasteiger partial charge in [0.1, 0.15) is 6.07 Å². The first-order valence-electron chi connectivity index (χ1n) is 7.40. The normalized spacial score (nSPS) is 18.6. The van der Waals surface area contributed by atoms with Gasteiger partial charge in [0.05, 0.1) is 15.7 Å². The van der Waals surface area contributed by atoms with Crippen LogP contribution >= 0.6 is 15.9 Å². The lowest BCUT2D eigenvalue weighted by Crippen LogP contribution is -2.41. The molecule has 1 N–H and O–H groups in total. The molecular weight excluding hydrogens is 333 g/mol. The molecule has 5 heteroatoms. The van der Waals surface area contributed by atoms with Gasteiger partial charge in [-0.1, -0.05) is 0 Å². The van der Waals surface area contributed by atoms with Gasteiger partial charge in [-0.3, -0.25) is 0 Å². The highest BCUT2D eigenvalue weighted by atomic mass is 79.9. The van der Waals surface area contributed by atoms with Crippen molar-refractivity contribution in [3.05, 3.63) is 28.0 Å². The number of halogens is 2. The maximum Gasteiger partial charge on any atom is 0.161 e. The number of nitrogens with one attached hydrogen (secondary N) is 1. The van der Waals surface area contributed by atoms with Crippen LogP contribution in [0.3, 0.4) is 0 Å². The number of nitrogens with zero attached hydrogens (tertiary/aromatic N) is 2. The second kappa shape index (κ2) is 7.24. The predicted octanol–water partition coefficient (Wildman–Crippen LogP) is 3.67. The van der Waals surface area contributed by atoms with E-state index in [1.807, 2.05) is 6.07 Å². The summed E-state index contributed by atoms with van der Waals surface area (Å²) in [7, 11) is 0. The number of piperidine rings is 1. The van der Waals surface area contributed by atoms with Gasteiger partial charge in [-0.05, 0) is 73.8 Å². The molecule has 1 aromatic carbocycles.